The largest absolute Gasteiger partial charge is 0.284 e. The second-order valence-electron chi connectivity index (χ2n) is 3.81. The fourth-order valence-corrected chi connectivity index (χ4v) is 3.19. The number of halogens is 1. The number of thiazole rings is 1. The molecule has 0 fully saturated rings. The van der Waals surface area contributed by atoms with Crippen LogP contribution in [0.4, 0.5) is 5.13 Å². The van der Waals surface area contributed by atoms with Gasteiger partial charge in [-0.2, -0.15) is 0 Å². The lowest BCUT2D eigenvalue weighted by molar-refractivity contribution is 0.0980. The topological polar surface area (TPSA) is 33.2 Å². The van der Waals surface area contributed by atoms with Crippen molar-refractivity contribution in [1.29, 1.82) is 0 Å². The van der Waals surface area contributed by atoms with E-state index in [1.165, 1.54) is 11.3 Å². The molecule has 1 aliphatic rings. The minimum atomic E-state index is 0.0497. The first-order valence-corrected chi connectivity index (χ1v) is 6.88. The van der Waals surface area contributed by atoms with Gasteiger partial charge in [0.2, 0.25) is 0 Å². The molecule has 0 unspecified atom stereocenters. The van der Waals surface area contributed by atoms with Gasteiger partial charge in [0.05, 0.1) is 9.98 Å². The highest BCUT2D eigenvalue weighted by Crippen LogP contribution is 2.30. The number of hydrogen-bond donors (Lipinski definition) is 0. The molecule has 0 bridgehead atoms. The zero-order valence-corrected chi connectivity index (χ0v) is 11.3. The average molecular weight is 309 g/mol. The monoisotopic (exact) mass is 308 g/mol. The van der Waals surface area contributed by atoms with Crippen LogP contribution in [0, 0.1) is 0 Å². The molecule has 5 heteroatoms. The van der Waals surface area contributed by atoms with E-state index in [1.54, 1.807) is 11.1 Å². The number of anilines is 1. The van der Waals surface area contributed by atoms with Crippen molar-refractivity contribution >= 4 is 38.3 Å². The van der Waals surface area contributed by atoms with Crippen LogP contribution in [0.3, 0.4) is 0 Å². The molecule has 1 aliphatic heterocycles. The number of carbonyl (C=O) groups excluding carboxylic acids is 1. The van der Waals surface area contributed by atoms with E-state index in [4.69, 9.17) is 0 Å². The van der Waals surface area contributed by atoms with Crippen molar-refractivity contribution in [3.8, 4) is 0 Å². The van der Waals surface area contributed by atoms with Crippen LogP contribution >= 0.6 is 27.3 Å². The van der Waals surface area contributed by atoms with Crippen molar-refractivity contribution < 1.29 is 4.79 Å². The van der Waals surface area contributed by atoms with Gasteiger partial charge in [-0.3, -0.25) is 9.69 Å². The van der Waals surface area contributed by atoms with Crippen molar-refractivity contribution in [2.24, 2.45) is 0 Å². The maximum atomic E-state index is 12.3. The highest BCUT2D eigenvalue weighted by molar-refractivity contribution is 9.11. The molecule has 0 N–H and O–H groups in total. The zero-order chi connectivity index (χ0) is 11.8. The summed E-state index contributed by atoms with van der Waals surface area (Å²) in [5, 5.41) is 0.761. The number of aromatic nitrogens is 1. The van der Waals surface area contributed by atoms with Crippen molar-refractivity contribution in [3.63, 3.8) is 0 Å². The molecular weight excluding hydrogens is 300 g/mol. The Morgan fingerprint density at radius 2 is 2.18 bits per heavy atom. The molecule has 2 aromatic rings. The van der Waals surface area contributed by atoms with Gasteiger partial charge < -0.3 is 0 Å². The van der Waals surface area contributed by atoms with Gasteiger partial charge in [0.1, 0.15) is 0 Å². The average Bonchev–Trinajstić information content (AvgIpc) is 2.77. The van der Waals surface area contributed by atoms with Crippen molar-refractivity contribution in [3.05, 3.63) is 45.4 Å². The number of fused-ring (bicyclic) bond motifs is 1. The van der Waals surface area contributed by atoms with Gasteiger partial charge in [-0.15, -0.1) is 0 Å². The second kappa shape index (κ2) is 4.23. The fraction of sp³-hybridized carbons (Fsp3) is 0.167. The standard InChI is InChI=1S/C12H9BrN2OS/c13-10-7-14-12(17-10)15-6-5-8-3-1-2-4-9(8)11(15)16/h1-4,7H,5-6H2. The lowest BCUT2D eigenvalue weighted by Crippen LogP contribution is -2.37. The van der Waals surface area contributed by atoms with Crippen LogP contribution < -0.4 is 4.90 Å². The van der Waals surface area contributed by atoms with Crippen LogP contribution in [-0.2, 0) is 6.42 Å². The Hall–Kier alpha value is -1.20. The number of rotatable bonds is 1. The van der Waals surface area contributed by atoms with Gasteiger partial charge in [-0.1, -0.05) is 29.5 Å². The van der Waals surface area contributed by atoms with Crippen LogP contribution in [0.2, 0.25) is 0 Å². The van der Waals surface area contributed by atoms with Crippen LogP contribution in [0.15, 0.2) is 34.2 Å². The van der Waals surface area contributed by atoms with E-state index in [0.717, 1.165) is 26.5 Å². The molecule has 86 valence electrons. The molecule has 17 heavy (non-hydrogen) atoms. The summed E-state index contributed by atoms with van der Waals surface area (Å²) in [4.78, 5) is 18.3. The van der Waals surface area contributed by atoms with Crippen molar-refractivity contribution in [1.82, 2.24) is 4.98 Å². The molecule has 0 spiro atoms. The predicted octanol–water partition coefficient (Wildman–Crippen LogP) is 3.11. The smallest absolute Gasteiger partial charge is 0.260 e. The second-order valence-corrected chi connectivity index (χ2v) is 6.20. The van der Waals surface area contributed by atoms with E-state index < -0.39 is 0 Å². The van der Waals surface area contributed by atoms with Gasteiger partial charge in [0, 0.05) is 12.1 Å². The van der Waals surface area contributed by atoms with E-state index in [2.05, 4.69) is 20.9 Å². The third kappa shape index (κ3) is 1.89. The van der Waals surface area contributed by atoms with Crippen LogP contribution in [-0.4, -0.2) is 17.4 Å². The molecule has 3 nitrogen and oxygen atoms in total. The summed E-state index contributed by atoms with van der Waals surface area (Å²) < 4.78 is 0.944. The quantitative estimate of drug-likeness (QED) is 0.811. The Morgan fingerprint density at radius 1 is 1.35 bits per heavy atom. The molecule has 2 heterocycles. The van der Waals surface area contributed by atoms with Crippen LogP contribution in [0.25, 0.3) is 0 Å². The molecule has 1 aromatic heterocycles. The third-order valence-electron chi connectivity index (χ3n) is 2.79. The number of nitrogens with zero attached hydrogens (tertiary/aromatic N) is 2. The molecule has 1 aromatic carbocycles. The van der Waals surface area contributed by atoms with E-state index in [-0.39, 0.29) is 5.91 Å². The number of amides is 1. The zero-order valence-electron chi connectivity index (χ0n) is 8.89. The first-order chi connectivity index (χ1) is 8.25. The van der Waals surface area contributed by atoms with E-state index in [9.17, 15) is 4.79 Å². The van der Waals surface area contributed by atoms with E-state index in [1.807, 2.05) is 24.3 Å². The Kier molecular flexibility index (Phi) is 2.72. The minimum absolute atomic E-state index is 0.0497. The molecule has 1 amide bonds. The fourth-order valence-electron chi connectivity index (χ4n) is 1.98. The summed E-state index contributed by atoms with van der Waals surface area (Å²) in [5.41, 5.74) is 1.93. The predicted molar refractivity (Wildman–Crippen MR) is 71.6 cm³/mol. The van der Waals surface area contributed by atoms with Gasteiger partial charge in [0.15, 0.2) is 5.13 Å². The third-order valence-corrected chi connectivity index (χ3v) is 4.29. The molecule has 0 saturated carbocycles. The summed E-state index contributed by atoms with van der Waals surface area (Å²) in [6.45, 7) is 0.704. The lowest BCUT2D eigenvalue weighted by Gasteiger charge is -2.26. The minimum Gasteiger partial charge on any atom is -0.284 e. The van der Waals surface area contributed by atoms with Gasteiger partial charge in [-0.05, 0) is 34.0 Å². The van der Waals surface area contributed by atoms with Gasteiger partial charge >= 0.3 is 0 Å². The molecule has 0 radical (unpaired) electrons. The maximum Gasteiger partial charge on any atom is 0.260 e. The summed E-state index contributed by atoms with van der Waals surface area (Å²) in [7, 11) is 0. The first-order valence-electron chi connectivity index (χ1n) is 5.27. The SMILES string of the molecule is O=C1c2ccccc2CCN1c1ncc(Br)s1. The normalized spacial score (nSPS) is 14.9. The van der Waals surface area contributed by atoms with Crippen molar-refractivity contribution in [2.45, 2.75) is 6.42 Å². The van der Waals surface area contributed by atoms with Crippen LogP contribution in [0.1, 0.15) is 15.9 Å². The Balaban J connectivity index is 1.99. The molecule has 3 rings (SSSR count). The number of hydrogen-bond acceptors (Lipinski definition) is 3. The Labute approximate surface area is 111 Å². The highest BCUT2D eigenvalue weighted by atomic mass is 79.9. The van der Waals surface area contributed by atoms with Gasteiger partial charge in [-0.25, -0.2) is 4.98 Å². The van der Waals surface area contributed by atoms with Crippen LogP contribution in [0.5, 0.6) is 0 Å². The van der Waals surface area contributed by atoms with E-state index >= 15 is 0 Å². The van der Waals surface area contributed by atoms with E-state index in [0.29, 0.717) is 6.54 Å². The number of carbonyl (C=O) groups is 1. The number of benzene rings is 1. The molecule has 0 saturated heterocycles. The summed E-state index contributed by atoms with van der Waals surface area (Å²) in [5.74, 6) is 0.0497. The molecule has 0 atom stereocenters. The Bertz CT molecular complexity index is 581. The lowest BCUT2D eigenvalue weighted by atomic mass is 10.00. The molecular formula is C12H9BrN2OS. The van der Waals surface area contributed by atoms with Gasteiger partial charge in [0.25, 0.3) is 5.91 Å². The molecule has 0 aliphatic carbocycles. The van der Waals surface area contributed by atoms with Crippen molar-refractivity contribution in [2.75, 3.05) is 11.4 Å². The highest BCUT2D eigenvalue weighted by Gasteiger charge is 2.26. The summed E-state index contributed by atoms with van der Waals surface area (Å²) in [6, 6.07) is 7.77. The maximum absolute atomic E-state index is 12.3. The summed E-state index contributed by atoms with van der Waals surface area (Å²) >= 11 is 4.85. The first kappa shape index (κ1) is 10.9. The summed E-state index contributed by atoms with van der Waals surface area (Å²) in [6.07, 6.45) is 2.62. The Morgan fingerprint density at radius 3 is 2.94 bits per heavy atom.